The first-order valence-corrected chi connectivity index (χ1v) is 9.74. The zero-order chi connectivity index (χ0) is 22.0. The molecule has 9 heteroatoms. The highest BCUT2D eigenvalue weighted by atomic mass is 19.4. The van der Waals surface area contributed by atoms with Crippen molar-refractivity contribution in [3.05, 3.63) is 60.0 Å². The number of alkyl halides is 3. The number of halogens is 3. The van der Waals surface area contributed by atoms with Gasteiger partial charge in [0.05, 0.1) is 12.8 Å². The molecule has 1 aromatic heterocycles. The number of anilines is 1. The fourth-order valence-electron chi connectivity index (χ4n) is 3.58. The van der Waals surface area contributed by atoms with E-state index < -0.39 is 18.0 Å². The van der Waals surface area contributed by atoms with E-state index in [1.54, 1.807) is 24.3 Å². The molecule has 1 N–H and O–H groups in total. The summed E-state index contributed by atoms with van der Waals surface area (Å²) in [5.74, 6) is -0.377. The smallest absolute Gasteiger partial charge is 0.496 e. The molecule has 1 amide bonds. The van der Waals surface area contributed by atoms with E-state index in [-0.39, 0.29) is 11.3 Å². The lowest BCUT2D eigenvalue weighted by molar-refractivity contribution is -0.274. The van der Waals surface area contributed by atoms with Gasteiger partial charge in [-0.1, -0.05) is 18.2 Å². The lowest BCUT2D eigenvalue weighted by atomic mass is 10.1. The fourth-order valence-corrected chi connectivity index (χ4v) is 3.58. The number of hydrogen-bond acceptors (Lipinski definition) is 4. The Labute approximate surface area is 176 Å². The van der Waals surface area contributed by atoms with Crippen molar-refractivity contribution in [1.82, 2.24) is 9.55 Å². The summed E-state index contributed by atoms with van der Waals surface area (Å²) in [4.78, 5) is 17.4. The van der Waals surface area contributed by atoms with Crippen molar-refractivity contribution in [2.75, 3.05) is 12.4 Å². The Morgan fingerprint density at radius 2 is 1.84 bits per heavy atom. The minimum Gasteiger partial charge on any atom is -0.496 e. The third-order valence-corrected chi connectivity index (χ3v) is 5.01. The Balaban J connectivity index is 1.55. The van der Waals surface area contributed by atoms with Gasteiger partial charge in [-0.15, -0.1) is 13.2 Å². The molecule has 1 aliphatic heterocycles. The average Bonchev–Trinajstić information content (AvgIpc) is 3.17. The molecule has 1 aliphatic rings. The number of methoxy groups -OCH3 is 1. The predicted octanol–water partition coefficient (Wildman–Crippen LogP) is 5.05. The Kier molecular flexibility index (Phi) is 5.58. The first-order valence-electron chi connectivity index (χ1n) is 9.74. The van der Waals surface area contributed by atoms with Crippen LogP contribution >= 0.6 is 0 Å². The number of aryl methyl sites for hydroxylation is 2. The zero-order valence-electron chi connectivity index (χ0n) is 16.7. The van der Waals surface area contributed by atoms with E-state index >= 15 is 0 Å². The van der Waals surface area contributed by atoms with Gasteiger partial charge in [-0.05, 0) is 37.1 Å². The van der Waals surface area contributed by atoms with Crippen LogP contribution in [0.5, 0.6) is 11.5 Å². The Morgan fingerprint density at radius 1 is 1.10 bits per heavy atom. The average molecular weight is 431 g/mol. The number of aromatic nitrogens is 2. The van der Waals surface area contributed by atoms with Crippen LogP contribution in [0.1, 0.15) is 29.0 Å². The molecular formula is C22H20F3N3O3. The molecule has 0 saturated carbocycles. The van der Waals surface area contributed by atoms with E-state index in [4.69, 9.17) is 4.74 Å². The second-order valence-corrected chi connectivity index (χ2v) is 7.11. The van der Waals surface area contributed by atoms with Gasteiger partial charge in [0, 0.05) is 30.4 Å². The molecule has 0 aliphatic carbocycles. The van der Waals surface area contributed by atoms with Crippen LogP contribution in [0, 0.1) is 0 Å². The summed E-state index contributed by atoms with van der Waals surface area (Å²) < 4.78 is 49.4. The summed E-state index contributed by atoms with van der Waals surface area (Å²) in [7, 11) is 1.27. The van der Waals surface area contributed by atoms with Gasteiger partial charge < -0.3 is 19.4 Å². The number of amides is 1. The molecule has 0 bridgehead atoms. The summed E-state index contributed by atoms with van der Waals surface area (Å²) >= 11 is 0. The van der Waals surface area contributed by atoms with Gasteiger partial charge in [-0.2, -0.15) is 0 Å². The molecule has 6 nitrogen and oxygen atoms in total. The van der Waals surface area contributed by atoms with Crippen LogP contribution in [-0.4, -0.2) is 28.9 Å². The van der Waals surface area contributed by atoms with E-state index in [0.717, 1.165) is 49.0 Å². The van der Waals surface area contributed by atoms with Gasteiger partial charge in [0.15, 0.2) is 0 Å². The van der Waals surface area contributed by atoms with E-state index in [0.29, 0.717) is 5.69 Å². The molecule has 0 atom stereocenters. The van der Waals surface area contributed by atoms with Gasteiger partial charge >= 0.3 is 6.36 Å². The maximum absolute atomic E-state index is 12.7. The standard InChI is InChI=1S/C22H20F3N3O3/c1-30-17-5-4-6-18(31-22(23,24)25)20(17)21(29)26-15-10-8-14(9-11-15)16-13-28-12-3-2-7-19(28)27-16/h4-6,8-11,13H,2-3,7,12H2,1H3,(H,26,29). The van der Waals surface area contributed by atoms with Crippen molar-refractivity contribution < 1.29 is 27.4 Å². The predicted molar refractivity (Wildman–Crippen MR) is 108 cm³/mol. The Bertz CT molecular complexity index is 1070. The minimum absolute atomic E-state index is 0.0283. The van der Waals surface area contributed by atoms with E-state index in [1.807, 2.05) is 6.20 Å². The molecule has 2 aromatic carbocycles. The van der Waals surface area contributed by atoms with Gasteiger partial charge in [-0.3, -0.25) is 4.79 Å². The molecule has 31 heavy (non-hydrogen) atoms. The maximum Gasteiger partial charge on any atom is 0.573 e. The van der Waals surface area contributed by atoms with Gasteiger partial charge in [-0.25, -0.2) is 4.98 Å². The summed E-state index contributed by atoms with van der Waals surface area (Å²) in [6, 6.07) is 10.7. The summed E-state index contributed by atoms with van der Waals surface area (Å²) in [5.41, 5.74) is 1.81. The van der Waals surface area contributed by atoms with Crippen LogP contribution in [0.2, 0.25) is 0 Å². The maximum atomic E-state index is 12.7. The third-order valence-electron chi connectivity index (χ3n) is 5.01. The minimum atomic E-state index is -4.94. The monoisotopic (exact) mass is 431 g/mol. The normalized spacial score (nSPS) is 13.4. The molecule has 162 valence electrons. The van der Waals surface area contributed by atoms with Crippen molar-refractivity contribution in [2.45, 2.75) is 32.2 Å². The number of hydrogen-bond donors (Lipinski definition) is 1. The second-order valence-electron chi connectivity index (χ2n) is 7.11. The lowest BCUT2D eigenvalue weighted by Gasteiger charge is -2.16. The van der Waals surface area contributed by atoms with Crippen LogP contribution in [-0.2, 0) is 13.0 Å². The van der Waals surface area contributed by atoms with E-state index in [2.05, 4.69) is 19.6 Å². The van der Waals surface area contributed by atoms with E-state index in [9.17, 15) is 18.0 Å². The van der Waals surface area contributed by atoms with Crippen molar-refractivity contribution in [1.29, 1.82) is 0 Å². The molecule has 0 radical (unpaired) electrons. The molecule has 0 fully saturated rings. The van der Waals surface area contributed by atoms with E-state index in [1.165, 1.54) is 19.2 Å². The number of imidazole rings is 1. The molecular weight excluding hydrogens is 411 g/mol. The van der Waals surface area contributed by atoms with Crippen LogP contribution in [0.3, 0.4) is 0 Å². The SMILES string of the molecule is COc1cccc(OC(F)(F)F)c1C(=O)Nc1ccc(-c2cn3c(n2)CCCC3)cc1. The molecule has 3 aromatic rings. The largest absolute Gasteiger partial charge is 0.573 e. The topological polar surface area (TPSA) is 65.4 Å². The first kappa shape index (κ1) is 20.8. The highest BCUT2D eigenvalue weighted by Crippen LogP contribution is 2.33. The van der Waals surface area contributed by atoms with Gasteiger partial charge in [0.25, 0.3) is 5.91 Å². The number of carbonyl (C=O) groups is 1. The fraction of sp³-hybridized carbons (Fsp3) is 0.273. The van der Waals surface area contributed by atoms with Crippen molar-refractivity contribution in [3.63, 3.8) is 0 Å². The quantitative estimate of drug-likeness (QED) is 0.614. The Hall–Kier alpha value is -3.49. The zero-order valence-corrected chi connectivity index (χ0v) is 16.7. The highest BCUT2D eigenvalue weighted by Gasteiger charge is 2.34. The number of fused-ring (bicyclic) bond motifs is 1. The Morgan fingerprint density at radius 3 is 2.52 bits per heavy atom. The summed E-state index contributed by atoms with van der Waals surface area (Å²) in [6.45, 7) is 0.956. The van der Waals surface area contributed by atoms with Crippen molar-refractivity contribution in [3.8, 4) is 22.8 Å². The molecule has 4 rings (SSSR count). The molecule has 0 spiro atoms. The molecule has 0 unspecified atom stereocenters. The molecule has 2 heterocycles. The molecule has 0 saturated heterocycles. The van der Waals surface area contributed by atoms with Crippen molar-refractivity contribution >= 4 is 11.6 Å². The number of nitrogens with zero attached hydrogens (tertiary/aromatic N) is 2. The van der Waals surface area contributed by atoms with Gasteiger partial charge in [0.1, 0.15) is 22.9 Å². The summed E-state index contributed by atoms with van der Waals surface area (Å²) in [5, 5.41) is 2.59. The van der Waals surface area contributed by atoms with Crippen LogP contribution in [0.4, 0.5) is 18.9 Å². The van der Waals surface area contributed by atoms with Crippen molar-refractivity contribution in [2.24, 2.45) is 0 Å². The van der Waals surface area contributed by atoms with Crippen LogP contribution in [0.25, 0.3) is 11.3 Å². The number of nitrogens with one attached hydrogen (secondary N) is 1. The highest BCUT2D eigenvalue weighted by molar-refractivity contribution is 6.08. The number of benzene rings is 2. The lowest BCUT2D eigenvalue weighted by Crippen LogP contribution is -2.21. The van der Waals surface area contributed by atoms with Crippen LogP contribution < -0.4 is 14.8 Å². The third kappa shape index (κ3) is 4.65. The summed E-state index contributed by atoms with van der Waals surface area (Å²) in [6.07, 6.45) is 0.293. The number of ether oxygens (including phenoxy) is 2. The number of carbonyl (C=O) groups excluding carboxylic acids is 1. The van der Waals surface area contributed by atoms with Crippen LogP contribution in [0.15, 0.2) is 48.7 Å². The van der Waals surface area contributed by atoms with Gasteiger partial charge in [0.2, 0.25) is 0 Å². The second kappa shape index (κ2) is 8.33. The number of rotatable bonds is 5. The first-order chi connectivity index (χ1) is 14.8.